The Morgan fingerprint density at radius 3 is 3.22 bits per heavy atom. The second kappa shape index (κ2) is 4.72. The lowest BCUT2D eigenvalue weighted by atomic mass is 10.2. The van der Waals surface area contributed by atoms with Crippen LogP contribution in [0.4, 0.5) is 4.39 Å². The first-order valence-electron chi connectivity index (χ1n) is 6.16. The Hall–Kier alpha value is -1.36. The average molecular weight is 266 g/mol. The molecule has 3 nitrogen and oxygen atoms in total. The molecule has 2 aliphatic rings. The molecular weight excluding hydrogens is 251 g/mol. The van der Waals surface area contributed by atoms with Crippen molar-refractivity contribution in [1.82, 2.24) is 10.2 Å². The van der Waals surface area contributed by atoms with Gasteiger partial charge in [-0.05, 0) is 30.3 Å². The highest BCUT2D eigenvalue weighted by Gasteiger charge is 2.26. The minimum atomic E-state index is -0.836. The molecule has 0 spiro atoms. The molecule has 3 heterocycles. The van der Waals surface area contributed by atoms with Crippen molar-refractivity contribution >= 4 is 23.3 Å². The van der Waals surface area contributed by atoms with Gasteiger partial charge in [-0.2, -0.15) is 0 Å². The Kier molecular flexibility index (Phi) is 3.07. The molecule has 1 fully saturated rings. The van der Waals surface area contributed by atoms with Crippen LogP contribution in [-0.2, 0) is 17.8 Å². The summed E-state index contributed by atoms with van der Waals surface area (Å²) in [6.45, 7) is 1.66. The van der Waals surface area contributed by atoms with E-state index >= 15 is 0 Å². The lowest BCUT2D eigenvalue weighted by Gasteiger charge is -2.14. The van der Waals surface area contributed by atoms with E-state index in [9.17, 15) is 9.18 Å². The fourth-order valence-electron chi connectivity index (χ4n) is 2.38. The Bertz CT molecular complexity index is 497. The van der Waals surface area contributed by atoms with Crippen LogP contribution in [0.3, 0.4) is 0 Å². The number of carbonyl (C=O) groups is 1. The second-order valence-corrected chi connectivity index (χ2v) is 5.89. The molecule has 1 N–H and O–H groups in total. The van der Waals surface area contributed by atoms with Gasteiger partial charge in [-0.15, -0.1) is 11.3 Å². The van der Waals surface area contributed by atoms with Crippen LogP contribution in [0.2, 0.25) is 0 Å². The van der Waals surface area contributed by atoms with Gasteiger partial charge < -0.3 is 10.2 Å². The lowest BCUT2D eigenvalue weighted by molar-refractivity contribution is -0.129. The maximum atomic E-state index is 13.0. The fourth-order valence-corrected chi connectivity index (χ4v) is 3.45. The predicted octanol–water partition coefficient (Wildman–Crippen LogP) is 1.93. The minimum absolute atomic E-state index is 0.0469. The number of likely N-dealkylation sites (tertiary alicyclic amines) is 1. The Labute approximate surface area is 109 Å². The van der Waals surface area contributed by atoms with E-state index in [4.69, 9.17) is 0 Å². The monoisotopic (exact) mass is 266 g/mol. The van der Waals surface area contributed by atoms with E-state index in [1.165, 1.54) is 10.4 Å². The number of carbonyl (C=O) groups excluding carboxylic acids is 1. The maximum Gasteiger partial charge on any atom is 0.227 e. The smallest absolute Gasteiger partial charge is 0.227 e. The van der Waals surface area contributed by atoms with Crippen LogP contribution in [0.5, 0.6) is 0 Å². The van der Waals surface area contributed by atoms with Crippen molar-refractivity contribution in [2.75, 3.05) is 13.1 Å². The van der Waals surface area contributed by atoms with Crippen molar-refractivity contribution in [3.05, 3.63) is 27.6 Å². The van der Waals surface area contributed by atoms with Gasteiger partial charge in [0.05, 0.1) is 13.0 Å². The molecule has 0 bridgehead atoms. The van der Waals surface area contributed by atoms with Gasteiger partial charge in [-0.3, -0.25) is 4.79 Å². The van der Waals surface area contributed by atoms with Crippen molar-refractivity contribution < 1.29 is 9.18 Å². The van der Waals surface area contributed by atoms with Crippen LogP contribution in [0.25, 0.3) is 6.08 Å². The van der Waals surface area contributed by atoms with Crippen molar-refractivity contribution in [2.24, 2.45) is 0 Å². The molecule has 96 valence electrons. The van der Waals surface area contributed by atoms with E-state index in [-0.39, 0.29) is 12.5 Å². The van der Waals surface area contributed by atoms with Crippen LogP contribution in [0.1, 0.15) is 21.7 Å². The van der Waals surface area contributed by atoms with Gasteiger partial charge in [0.2, 0.25) is 5.91 Å². The Balaban J connectivity index is 1.67. The highest BCUT2D eigenvalue weighted by Crippen LogP contribution is 2.27. The minimum Gasteiger partial charge on any atom is -0.387 e. The van der Waals surface area contributed by atoms with Crippen LogP contribution in [-0.4, -0.2) is 30.1 Å². The molecule has 0 saturated carbocycles. The SMILES string of the molecule is O=C(Cc1cc2c(s1)C=CNC2)N1CCC(F)C1. The number of hydrogen-bond acceptors (Lipinski definition) is 3. The molecule has 1 amide bonds. The van der Waals surface area contributed by atoms with E-state index in [0.717, 1.165) is 11.4 Å². The zero-order valence-electron chi connectivity index (χ0n) is 9.99. The number of hydrogen-bond donors (Lipinski definition) is 1. The lowest BCUT2D eigenvalue weighted by Crippen LogP contribution is -2.30. The van der Waals surface area contributed by atoms with Crippen LogP contribution in [0.15, 0.2) is 12.3 Å². The van der Waals surface area contributed by atoms with Gasteiger partial charge in [0.25, 0.3) is 0 Å². The standard InChI is InChI=1S/C13H15FN2OS/c14-10-2-4-16(8-10)13(17)6-11-5-9-7-15-3-1-12(9)18-11/h1,3,5,10,15H,2,4,6-8H2. The number of nitrogens with zero attached hydrogens (tertiary/aromatic N) is 1. The summed E-state index contributed by atoms with van der Waals surface area (Å²) in [5, 5.41) is 3.15. The first-order chi connectivity index (χ1) is 8.72. The number of thiophene rings is 1. The number of rotatable bonds is 2. The van der Waals surface area contributed by atoms with Crippen LogP contribution in [0, 0.1) is 0 Å². The van der Waals surface area contributed by atoms with Crippen molar-refractivity contribution in [2.45, 2.75) is 25.6 Å². The summed E-state index contributed by atoms with van der Waals surface area (Å²) in [7, 11) is 0. The largest absolute Gasteiger partial charge is 0.387 e. The van der Waals surface area contributed by atoms with E-state index in [1.807, 2.05) is 12.3 Å². The zero-order chi connectivity index (χ0) is 12.5. The van der Waals surface area contributed by atoms with Crippen LogP contribution >= 0.6 is 11.3 Å². The molecule has 5 heteroatoms. The molecule has 0 radical (unpaired) electrons. The fraction of sp³-hybridized carbons (Fsp3) is 0.462. The normalized spacial score (nSPS) is 21.8. The number of alkyl halides is 1. The van der Waals surface area contributed by atoms with Crippen LogP contribution < -0.4 is 5.32 Å². The third-order valence-electron chi connectivity index (χ3n) is 3.35. The summed E-state index contributed by atoms with van der Waals surface area (Å²) in [5.74, 6) is 0.0469. The highest BCUT2D eigenvalue weighted by molar-refractivity contribution is 7.13. The van der Waals surface area contributed by atoms with Crippen molar-refractivity contribution in [3.8, 4) is 0 Å². The van der Waals surface area contributed by atoms with E-state index < -0.39 is 6.17 Å². The molecule has 2 aliphatic heterocycles. The molecule has 0 aromatic carbocycles. The summed E-state index contributed by atoms with van der Waals surface area (Å²) in [6, 6.07) is 2.08. The summed E-state index contributed by atoms with van der Waals surface area (Å²) in [6.07, 6.45) is 4.01. The molecular formula is C13H15FN2OS. The zero-order valence-corrected chi connectivity index (χ0v) is 10.8. The molecule has 1 saturated heterocycles. The van der Waals surface area contributed by atoms with Gasteiger partial charge >= 0.3 is 0 Å². The summed E-state index contributed by atoms with van der Waals surface area (Å²) in [5.41, 5.74) is 1.25. The van der Waals surface area contributed by atoms with E-state index in [1.54, 1.807) is 16.2 Å². The summed E-state index contributed by atoms with van der Waals surface area (Å²) in [4.78, 5) is 15.9. The van der Waals surface area contributed by atoms with Crippen molar-refractivity contribution in [1.29, 1.82) is 0 Å². The van der Waals surface area contributed by atoms with Gasteiger partial charge in [0.1, 0.15) is 6.17 Å². The molecule has 1 atom stereocenters. The first kappa shape index (κ1) is 11.7. The molecule has 1 aromatic rings. The molecule has 1 aromatic heterocycles. The quantitative estimate of drug-likeness (QED) is 0.887. The van der Waals surface area contributed by atoms with E-state index in [2.05, 4.69) is 11.4 Å². The Morgan fingerprint density at radius 2 is 2.50 bits per heavy atom. The van der Waals surface area contributed by atoms with Crippen molar-refractivity contribution in [3.63, 3.8) is 0 Å². The third kappa shape index (κ3) is 2.27. The van der Waals surface area contributed by atoms with Gasteiger partial charge in [0, 0.05) is 22.8 Å². The molecule has 18 heavy (non-hydrogen) atoms. The molecule has 1 unspecified atom stereocenters. The van der Waals surface area contributed by atoms with Gasteiger partial charge in [-0.25, -0.2) is 4.39 Å². The molecule has 3 rings (SSSR count). The summed E-state index contributed by atoms with van der Waals surface area (Å²) < 4.78 is 13.0. The third-order valence-corrected chi connectivity index (χ3v) is 4.49. The molecule has 0 aliphatic carbocycles. The number of halogens is 1. The average Bonchev–Trinajstić information content (AvgIpc) is 2.94. The first-order valence-corrected chi connectivity index (χ1v) is 6.97. The second-order valence-electron chi connectivity index (χ2n) is 4.72. The van der Waals surface area contributed by atoms with E-state index in [0.29, 0.717) is 19.4 Å². The predicted molar refractivity (Wildman–Crippen MR) is 70.0 cm³/mol. The maximum absolute atomic E-state index is 13.0. The van der Waals surface area contributed by atoms with Gasteiger partial charge in [-0.1, -0.05) is 0 Å². The van der Waals surface area contributed by atoms with Gasteiger partial charge in [0.15, 0.2) is 0 Å². The Morgan fingerprint density at radius 1 is 1.61 bits per heavy atom. The highest BCUT2D eigenvalue weighted by atomic mass is 32.1. The number of fused-ring (bicyclic) bond motifs is 1. The topological polar surface area (TPSA) is 32.3 Å². The summed E-state index contributed by atoms with van der Waals surface area (Å²) >= 11 is 1.66. The number of nitrogens with one attached hydrogen (secondary N) is 1. The number of amides is 1.